The summed E-state index contributed by atoms with van der Waals surface area (Å²) in [5, 5.41) is 21.2. The Morgan fingerprint density at radius 2 is 1.88 bits per heavy atom. The van der Waals surface area contributed by atoms with E-state index < -0.39 is 11.8 Å². The van der Waals surface area contributed by atoms with Crippen molar-refractivity contribution in [3.05, 3.63) is 17.2 Å². The molecule has 1 aromatic carbocycles. The number of aromatic nitrogens is 1. The van der Waals surface area contributed by atoms with Crippen molar-refractivity contribution in [1.82, 2.24) is 4.98 Å². The summed E-state index contributed by atoms with van der Waals surface area (Å²) in [6.07, 6.45) is 0.266. The van der Waals surface area contributed by atoms with E-state index in [4.69, 9.17) is 14.2 Å². The van der Waals surface area contributed by atoms with Crippen molar-refractivity contribution in [2.75, 3.05) is 20.8 Å². The average Bonchev–Trinajstić information content (AvgIpc) is 2.56. The number of hydrogen-bond acceptors (Lipinski definition) is 7. The molecule has 1 heterocycles. The second kappa shape index (κ2) is 7.25. The summed E-state index contributed by atoms with van der Waals surface area (Å²) in [7, 11) is 3.01. The van der Waals surface area contributed by atoms with E-state index in [-0.39, 0.29) is 24.3 Å². The lowest BCUT2D eigenvalue weighted by Gasteiger charge is -2.17. The van der Waals surface area contributed by atoms with Crippen LogP contribution in [-0.4, -0.2) is 42.0 Å². The number of aromatic hydroxyl groups is 2. The van der Waals surface area contributed by atoms with E-state index in [0.717, 1.165) is 0 Å². The lowest BCUT2D eigenvalue weighted by molar-refractivity contribution is -0.142. The highest BCUT2D eigenvalue weighted by Gasteiger charge is 2.23. The molecule has 0 radical (unpaired) electrons. The smallest absolute Gasteiger partial charge is 0.310 e. The van der Waals surface area contributed by atoms with Gasteiger partial charge in [-0.1, -0.05) is 6.92 Å². The predicted molar refractivity (Wildman–Crippen MR) is 87.9 cm³/mol. The number of esters is 1. The Kier molecular flexibility index (Phi) is 5.33. The molecule has 0 amide bonds. The minimum atomic E-state index is -0.553. The molecule has 0 saturated carbocycles. The quantitative estimate of drug-likeness (QED) is 0.782. The number of methoxy groups -OCH3 is 2. The number of pyridine rings is 1. The van der Waals surface area contributed by atoms with Gasteiger partial charge in [-0.2, -0.15) is 0 Å². The first-order valence-electron chi connectivity index (χ1n) is 7.62. The summed E-state index contributed by atoms with van der Waals surface area (Å²) in [6.45, 7) is 3.79. The molecule has 7 nitrogen and oxygen atoms in total. The molecule has 0 bridgehead atoms. The van der Waals surface area contributed by atoms with Gasteiger partial charge in [0.1, 0.15) is 5.75 Å². The number of rotatable bonds is 6. The highest BCUT2D eigenvalue weighted by Crippen LogP contribution is 2.43. The van der Waals surface area contributed by atoms with E-state index in [9.17, 15) is 15.0 Å². The predicted octanol–water partition coefficient (Wildman–Crippen LogP) is 2.33. The SMILES string of the molecule is CCOC(=O)Cc1c(O)nc2cc(OC)c(OC)c(CC)c2c1O. The summed E-state index contributed by atoms with van der Waals surface area (Å²) in [6, 6.07) is 1.57. The number of hydrogen-bond donors (Lipinski definition) is 2. The van der Waals surface area contributed by atoms with Crippen LogP contribution >= 0.6 is 0 Å². The molecule has 0 saturated heterocycles. The van der Waals surface area contributed by atoms with Crippen LogP contribution in [-0.2, 0) is 22.4 Å². The Balaban J connectivity index is 2.75. The minimum absolute atomic E-state index is 0.0304. The van der Waals surface area contributed by atoms with Gasteiger partial charge in [-0.25, -0.2) is 4.98 Å². The van der Waals surface area contributed by atoms with E-state index in [2.05, 4.69) is 4.98 Å². The van der Waals surface area contributed by atoms with Crippen LogP contribution in [0.1, 0.15) is 25.0 Å². The first-order valence-corrected chi connectivity index (χ1v) is 7.62. The maximum atomic E-state index is 11.7. The van der Waals surface area contributed by atoms with Crippen LogP contribution in [0.4, 0.5) is 0 Å². The van der Waals surface area contributed by atoms with Gasteiger partial charge in [0.25, 0.3) is 0 Å². The second-order valence-corrected chi connectivity index (χ2v) is 5.08. The van der Waals surface area contributed by atoms with E-state index in [1.54, 1.807) is 13.0 Å². The van der Waals surface area contributed by atoms with Crippen molar-refractivity contribution in [1.29, 1.82) is 0 Å². The van der Waals surface area contributed by atoms with Crippen molar-refractivity contribution in [2.24, 2.45) is 0 Å². The second-order valence-electron chi connectivity index (χ2n) is 5.08. The zero-order valence-corrected chi connectivity index (χ0v) is 14.2. The zero-order chi connectivity index (χ0) is 17.9. The van der Waals surface area contributed by atoms with Gasteiger partial charge >= 0.3 is 5.97 Å². The number of fused-ring (bicyclic) bond motifs is 1. The third-order valence-electron chi connectivity index (χ3n) is 3.75. The summed E-state index contributed by atoms with van der Waals surface area (Å²) < 4.78 is 15.6. The molecule has 2 aromatic rings. The van der Waals surface area contributed by atoms with E-state index in [0.29, 0.717) is 34.4 Å². The molecule has 0 spiro atoms. The number of benzene rings is 1. The summed E-state index contributed by atoms with van der Waals surface area (Å²) >= 11 is 0. The standard InChI is InChI=1S/C17H21NO6/c1-5-9-14-11(8-12(22-3)16(9)23-4)18-17(21)10(15(14)20)7-13(19)24-6-2/h8H,5-7H2,1-4H3,(H2,18,20,21). The average molecular weight is 335 g/mol. The molecule has 2 N–H and O–H groups in total. The maximum Gasteiger partial charge on any atom is 0.310 e. The summed E-state index contributed by atoms with van der Waals surface area (Å²) in [5.41, 5.74) is 1.07. The summed E-state index contributed by atoms with van der Waals surface area (Å²) in [5.74, 6) is -0.239. The van der Waals surface area contributed by atoms with Crippen LogP contribution in [0.2, 0.25) is 0 Å². The molecular weight excluding hydrogens is 314 g/mol. The van der Waals surface area contributed by atoms with Gasteiger partial charge < -0.3 is 24.4 Å². The van der Waals surface area contributed by atoms with Crippen molar-refractivity contribution in [2.45, 2.75) is 26.7 Å². The maximum absolute atomic E-state index is 11.7. The molecule has 2 rings (SSSR count). The van der Waals surface area contributed by atoms with Crippen molar-refractivity contribution in [3.8, 4) is 23.1 Å². The molecule has 0 aliphatic carbocycles. The lowest BCUT2D eigenvalue weighted by Crippen LogP contribution is -2.09. The van der Waals surface area contributed by atoms with Gasteiger partial charge in [-0.05, 0) is 13.3 Å². The van der Waals surface area contributed by atoms with Crippen LogP contribution in [0, 0.1) is 0 Å². The fourth-order valence-electron chi connectivity index (χ4n) is 2.70. The minimum Gasteiger partial charge on any atom is -0.507 e. The normalized spacial score (nSPS) is 10.7. The topological polar surface area (TPSA) is 98.1 Å². The molecule has 130 valence electrons. The molecule has 24 heavy (non-hydrogen) atoms. The Morgan fingerprint density at radius 3 is 2.42 bits per heavy atom. The molecule has 7 heteroatoms. The van der Waals surface area contributed by atoms with Crippen LogP contribution < -0.4 is 9.47 Å². The fourth-order valence-corrected chi connectivity index (χ4v) is 2.70. The van der Waals surface area contributed by atoms with Crippen molar-refractivity contribution < 1.29 is 29.2 Å². The van der Waals surface area contributed by atoms with Crippen molar-refractivity contribution in [3.63, 3.8) is 0 Å². The largest absolute Gasteiger partial charge is 0.507 e. The van der Waals surface area contributed by atoms with Gasteiger partial charge in [0.05, 0.1) is 38.3 Å². The Morgan fingerprint density at radius 1 is 1.17 bits per heavy atom. The Labute approximate surface area is 139 Å². The Bertz CT molecular complexity index is 772. The van der Waals surface area contributed by atoms with Gasteiger partial charge in [0, 0.05) is 17.0 Å². The molecule has 0 fully saturated rings. The van der Waals surface area contributed by atoms with E-state index in [1.165, 1.54) is 14.2 Å². The Hall–Kier alpha value is -2.70. The first-order chi connectivity index (χ1) is 11.5. The van der Waals surface area contributed by atoms with Crippen LogP contribution in [0.25, 0.3) is 10.9 Å². The number of nitrogens with zero attached hydrogens (tertiary/aromatic N) is 1. The number of ether oxygens (including phenoxy) is 3. The molecular formula is C17H21NO6. The summed E-state index contributed by atoms with van der Waals surface area (Å²) in [4.78, 5) is 15.8. The highest BCUT2D eigenvalue weighted by molar-refractivity contribution is 5.94. The van der Waals surface area contributed by atoms with Gasteiger partial charge in [-0.3, -0.25) is 4.79 Å². The highest BCUT2D eigenvalue weighted by atomic mass is 16.5. The fraction of sp³-hybridized carbons (Fsp3) is 0.412. The third kappa shape index (κ3) is 3.02. The first kappa shape index (κ1) is 17.7. The number of carbonyl (C=O) groups is 1. The van der Waals surface area contributed by atoms with Gasteiger partial charge in [-0.15, -0.1) is 0 Å². The van der Waals surface area contributed by atoms with E-state index in [1.807, 2.05) is 6.92 Å². The molecule has 0 aliphatic heterocycles. The number of aryl methyl sites for hydroxylation is 1. The van der Waals surface area contributed by atoms with Crippen molar-refractivity contribution >= 4 is 16.9 Å². The molecule has 0 atom stereocenters. The number of carbonyl (C=O) groups excluding carboxylic acids is 1. The zero-order valence-electron chi connectivity index (χ0n) is 14.2. The van der Waals surface area contributed by atoms with Crippen LogP contribution in [0.3, 0.4) is 0 Å². The molecule has 0 unspecified atom stereocenters. The molecule has 1 aromatic heterocycles. The van der Waals surface area contributed by atoms with E-state index >= 15 is 0 Å². The van der Waals surface area contributed by atoms with Crippen LogP contribution in [0.5, 0.6) is 23.1 Å². The monoisotopic (exact) mass is 335 g/mol. The lowest BCUT2D eigenvalue weighted by atomic mass is 10.00. The third-order valence-corrected chi connectivity index (χ3v) is 3.75. The van der Waals surface area contributed by atoms with Gasteiger partial charge in [0.2, 0.25) is 5.88 Å². The van der Waals surface area contributed by atoms with Crippen LogP contribution in [0.15, 0.2) is 6.07 Å². The molecule has 0 aliphatic rings. The van der Waals surface area contributed by atoms with Gasteiger partial charge in [0.15, 0.2) is 11.5 Å².